The molecule has 0 N–H and O–H groups in total. The van der Waals surface area contributed by atoms with Gasteiger partial charge in [0, 0.05) is 0 Å². The van der Waals surface area contributed by atoms with E-state index in [2.05, 4.69) is 27.7 Å². The molecular weight excluding hydrogens is 294 g/mol. The summed E-state index contributed by atoms with van der Waals surface area (Å²) < 4.78 is 0. The maximum atomic E-state index is 2.26. The van der Waals surface area contributed by atoms with Crippen molar-refractivity contribution in [1.82, 2.24) is 0 Å². The van der Waals surface area contributed by atoms with Crippen molar-refractivity contribution >= 4 is 54.9 Å². The van der Waals surface area contributed by atoms with Crippen molar-refractivity contribution in [2.45, 2.75) is 79.1 Å². The molecule has 19 heavy (non-hydrogen) atoms. The van der Waals surface area contributed by atoms with Crippen LogP contribution in [0.3, 0.4) is 0 Å². The Morgan fingerprint density at radius 2 is 0.684 bits per heavy atom. The summed E-state index contributed by atoms with van der Waals surface area (Å²) in [4.78, 5) is 0. The largest absolute Gasteiger partial charge is 2.00 e. The SMILES string of the molecule is CCCC[P-]CCCC.CCCC[P-]CCCC.[Ca+2]. The molecule has 0 heterocycles. The van der Waals surface area contributed by atoms with E-state index in [1.54, 1.807) is 17.2 Å². The van der Waals surface area contributed by atoms with Crippen molar-refractivity contribution in [3.63, 3.8) is 0 Å². The summed E-state index contributed by atoms with van der Waals surface area (Å²) in [5, 5.41) is 0. The normalized spacial score (nSPS) is 9.47. The molecule has 0 radical (unpaired) electrons. The van der Waals surface area contributed by atoms with Crippen molar-refractivity contribution in [2.75, 3.05) is 24.6 Å². The Morgan fingerprint density at radius 3 is 0.842 bits per heavy atom. The monoisotopic (exact) mass is 330 g/mol. The zero-order valence-electron chi connectivity index (χ0n) is 14.1. The molecule has 0 aromatic rings. The zero-order chi connectivity index (χ0) is 13.9. The third-order valence-corrected chi connectivity index (χ3v) is 5.21. The molecule has 112 valence electrons. The Morgan fingerprint density at radius 1 is 0.474 bits per heavy atom. The number of hydrogen-bond acceptors (Lipinski definition) is 0. The van der Waals surface area contributed by atoms with Crippen LogP contribution in [0.1, 0.15) is 79.1 Å². The van der Waals surface area contributed by atoms with E-state index in [0.29, 0.717) is 0 Å². The first-order valence-corrected chi connectivity index (χ1v) is 10.6. The van der Waals surface area contributed by atoms with Crippen LogP contribution in [0.4, 0.5) is 0 Å². The molecule has 3 heteroatoms. The van der Waals surface area contributed by atoms with Gasteiger partial charge in [0.2, 0.25) is 0 Å². The van der Waals surface area contributed by atoms with Crippen LogP contribution in [0.15, 0.2) is 0 Å². The van der Waals surface area contributed by atoms with E-state index < -0.39 is 0 Å². The average molecular weight is 330 g/mol. The van der Waals surface area contributed by atoms with Gasteiger partial charge in [-0.3, -0.25) is 0 Å². The van der Waals surface area contributed by atoms with E-state index in [9.17, 15) is 0 Å². The Bertz CT molecular complexity index is 95.3. The van der Waals surface area contributed by atoms with E-state index in [1.165, 1.54) is 76.0 Å². The third kappa shape index (κ3) is 33.1. The minimum atomic E-state index is 0. The molecule has 0 nitrogen and oxygen atoms in total. The maximum Gasteiger partial charge on any atom is 2.00 e. The molecular formula is C16H36CaP2. The third-order valence-electron chi connectivity index (χ3n) is 2.68. The Balaban J connectivity index is -0.000000256. The molecule has 0 aromatic heterocycles. The van der Waals surface area contributed by atoms with E-state index in [-0.39, 0.29) is 37.7 Å². The first-order chi connectivity index (χ1) is 8.83. The number of rotatable bonds is 12. The first-order valence-electron chi connectivity index (χ1n) is 8.09. The molecule has 0 rings (SSSR count). The van der Waals surface area contributed by atoms with Gasteiger partial charge in [-0.2, -0.15) is 24.6 Å². The summed E-state index contributed by atoms with van der Waals surface area (Å²) in [5.74, 6) is 0. The molecule has 0 amide bonds. The number of unbranched alkanes of at least 4 members (excludes halogenated alkanes) is 4. The van der Waals surface area contributed by atoms with Gasteiger partial charge in [0.25, 0.3) is 0 Å². The van der Waals surface area contributed by atoms with E-state index >= 15 is 0 Å². The zero-order valence-corrected chi connectivity index (χ0v) is 18.1. The minimum Gasteiger partial charge on any atom is -0.540 e. The quantitative estimate of drug-likeness (QED) is 0.212. The molecule has 0 aliphatic carbocycles. The fraction of sp³-hybridized carbons (Fsp3) is 1.00. The van der Waals surface area contributed by atoms with Crippen LogP contribution in [-0.4, -0.2) is 62.4 Å². The summed E-state index contributed by atoms with van der Waals surface area (Å²) in [6.45, 7) is 9.04. The maximum absolute atomic E-state index is 2.26. The van der Waals surface area contributed by atoms with Gasteiger partial charge >= 0.3 is 37.7 Å². The van der Waals surface area contributed by atoms with Crippen LogP contribution in [-0.2, 0) is 0 Å². The van der Waals surface area contributed by atoms with Crippen LogP contribution < -0.4 is 0 Å². The van der Waals surface area contributed by atoms with Gasteiger partial charge in [0.15, 0.2) is 0 Å². The molecule has 0 aliphatic heterocycles. The summed E-state index contributed by atoms with van der Waals surface area (Å²) in [6.07, 6.45) is 16.8. The standard InChI is InChI=1S/2C8H18P.Ca/c2*1-3-5-7-9-8-6-4-2;/h2*3-8H2,1-2H3;/q2*-1;+2. The Hall–Kier alpha value is 2.12. The van der Waals surface area contributed by atoms with E-state index in [1.807, 2.05) is 0 Å². The Labute approximate surface area is 157 Å². The fourth-order valence-corrected chi connectivity index (χ4v) is 3.91. The minimum absolute atomic E-state index is 0. The Kier molecular flexibility index (Phi) is 38.8. The second kappa shape index (κ2) is 28.3. The second-order valence-electron chi connectivity index (χ2n) is 4.76. The van der Waals surface area contributed by atoms with Gasteiger partial charge in [0.1, 0.15) is 0 Å². The molecule has 0 aliphatic rings. The van der Waals surface area contributed by atoms with Crippen LogP contribution in [0.25, 0.3) is 0 Å². The topological polar surface area (TPSA) is 0 Å². The second-order valence-corrected chi connectivity index (χ2v) is 7.44. The summed E-state index contributed by atoms with van der Waals surface area (Å²) in [5.41, 5.74) is 0. The van der Waals surface area contributed by atoms with Crippen molar-refractivity contribution in [3.05, 3.63) is 0 Å². The summed E-state index contributed by atoms with van der Waals surface area (Å²) >= 11 is 0. The summed E-state index contributed by atoms with van der Waals surface area (Å²) in [7, 11) is 3.35. The summed E-state index contributed by atoms with van der Waals surface area (Å²) in [6, 6.07) is 0. The predicted octanol–water partition coefficient (Wildman–Crippen LogP) is 6.68. The van der Waals surface area contributed by atoms with Crippen molar-refractivity contribution in [2.24, 2.45) is 0 Å². The van der Waals surface area contributed by atoms with Gasteiger partial charge in [-0.1, -0.05) is 79.1 Å². The number of hydrogen-bond donors (Lipinski definition) is 0. The smallest absolute Gasteiger partial charge is 0.540 e. The van der Waals surface area contributed by atoms with Crippen LogP contribution in [0, 0.1) is 0 Å². The van der Waals surface area contributed by atoms with E-state index in [4.69, 9.17) is 0 Å². The first kappa shape index (κ1) is 26.0. The van der Waals surface area contributed by atoms with Gasteiger partial charge < -0.3 is 17.2 Å². The molecule has 0 fully saturated rings. The predicted molar refractivity (Wildman–Crippen MR) is 98.7 cm³/mol. The van der Waals surface area contributed by atoms with Crippen LogP contribution in [0.5, 0.6) is 0 Å². The van der Waals surface area contributed by atoms with Crippen molar-refractivity contribution in [3.8, 4) is 0 Å². The molecule has 0 unspecified atom stereocenters. The molecule has 0 saturated carbocycles. The molecule has 0 atom stereocenters. The van der Waals surface area contributed by atoms with Gasteiger partial charge in [-0.25, -0.2) is 0 Å². The fourth-order valence-electron chi connectivity index (χ4n) is 1.30. The van der Waals surface area contributed by atoms with Crippen molar-refractivity contribution < 1.29 is 0 Å². The van der Waals surface area contributed by atoms with E-state index in [0.717, 1.165) is 0 Å². The molecule has 0 saturated heterocycles. The van der Waals surface area contributed by atoms with Crippen LogP contribution in [0.2, 0.25) is 0 Å². The molecule has 0 bridgehead atoms. The molecule has 0 spiro atoms. The van der Waals surface area contributed by atoms with Gasteiger partial charge in [0.05, 0.1) is 0 Å². The van der Waals surface area contributed by atoms with Crippen LogP contribution >= 0.6 is 17.2 Å². The van der Waals surface area contributed by atoms with Gasteiger partial charge in [-0.05, 0) is 0 Å². The van der Waals surface area contributed by atoms with Crippen molar-refractivity contribution in [1.29, 1.82) is 0 Å². The average Bonchev–Trinajstić information content (AvgIpc) is 2.39. The molecule has 0 aromatic carbocycles. The van der Waals surface area contributed by atoms with Gasteiger partial charge in [-0.15, -0.1) is 0 Å².